The van der Waals surface area contributed by atoms with Crippen LogP contribution in [0.4, 0.5) is 20.3 Å². The van der Waals surface area contributed by atoms with E-state index in [9.17, 15) is 13.6 Å². The number of halogens is 2. The second-order valence-electron chi connectivity index (χ2n) is 8.38. The summed E-state index contributed by atoms with van der Waals surface area (Å²) in [6, 6.07) is 11.0. The number of anilines is 2. The van der Waals surface area contributed by atoms with Crippen LogP contribution in [0.25, 0.3) is 11.1 Å². The molecule has 1 amide bonds. The van der Waals surface area contributed by atoms with Gasteiger partial charge in [-0.1, -0.05) is 25.0 Å². The Balaban J connectivity index is 1.81. The Hall–Kier alpha value is -3.28. The normalized spacial score (nSPS) is 14.2. The molecule has 4 nitrogen and oxygen atoms in total. The number of aryl methyl sites for hydroxylation is 1. The van der Waals surface area contributed by atoms with Crippen LogP contribution in [0, 0.1) is 25.5 Å². The minimum absolute atomic E-state index is 0.279. The molecule has 0 aliphatic carbocycles. The van der Waals surface area contributed by atoms with Crippen molar-refractivity contribution in [2.75, 3.05) is 23.3 Å². The monoisotopic (exact) mass is 435 g/mol. The topological polar surface area (TPSA) is 45.2 Å². The summed E-state index contributed by atoms with van der Waals surface area (Å²) in [5.41, 5.74) is 3.72. The number of nitrogens with zero attached hydrogens (tertiary/aromatic N) is 2. The number of hydrogen-bond acceptors (Lipinski definition) is 3. The average molecular weight is 436 g/mol. The summed E-state index contributed by atoms with van der Waals surface area (Å²) in [7, 11) is 0. The molecule has 6 heteroatoms. The number of nitrogens with one attached hydrogen (secondary N) is 1. The molecule has 166 valence electrons. The van der Waals surface area contributed by atoms with Gasteiger partial charge in [-0.2, -0.15) is 0 Å². The minimum atomic E-state index is -0.665. The van der Waals surface area contributed by atoms with E-state index >= 15 is 0 Å². The van der Waals surface area contributed by atoms with Crippen LogP contribution in [0.1, 0.15) is 47.2 Å². The van der Waals surface area contributed by atoms with E-state index < -0.39 is 11.6 Å². The molecule has 0 atom stereocenters. The summed E-state index contributed by atoms with van der Waals surface area (Å²) < 4.78 is 27.8. The van der Waals surface area contributed by atoms with Gasteiger partial charge < -0.3 is 10.2 Å². The SMILES string of the molecule is Cc1cccc(NC(=O)c2c(N3CCCCCC3)ncc(-c3cc(F)cc(F)c3)c2C)c1. The van der Waals surface area contributed by atoms with Crippen molar-refractivity contribution in [2.24, 2.45) is 0 Å². The molecule has 32 heavy (non-hydrogen) atoms. The van der Waals surface area contributed by atoms with Crippen LogP contribution in [0.5, 0.6) is 0 Å². The number of hydrogen-bond donors (Lipinski definition) is 1. The van der Waals surface area contributed by atoms with E-state index in [2.05, 4.69) is 15.2 Å². The quantitative estimate of drug-likeness (QED) is 0.525. The largest absolute Gasteiger partial charge is 0.356 e. The van der Waals surface area contributed by atoms with Gasteiger partial charge in [0.05, 0.1) is 5.56 Å². The molecule has 0 unspecified atom stereocenters. The second kappa shape index (κ2) is 9.47. The van der Waals surface area contributed by atoms with Crippen molar-refractivity contribution in [3.05, 3.63) is 77.0 Å². The van der Waals surface area contributed by atoms with E-state index in [1.165, 1.54) is 12.1 Å². The number of amides is 1. The highest BCUT2D eigenvalue weighted by Crippen LogP contribution is 2.33. The zero-order valence-electron chi connectivity index (χ0n) is 18.4. The summed E-state index contributed by atoms with van der Waals surface area (Å²) in [4.78, 5) is 20.3. The van der Waals surface area contributed by atoms with Gasteiger partial charge in [-0.05, 0) is 67.6 Å². The number of rotatable bonds is 4. The van der Waals surface area contributed by atoms with Crippen LogP contribution in [0.15, 0.2) is 48.7 Å². The first kappa shape index (κ1) is 21.9. The minimum Gasteiger partial charge on any atom is -0.356 e. The maximum atomic E-state index is 13.9. The van der Waals surface area contributed by atoms with Gasteiger partial charge in [0.25, 0.3) is 5.91 Å². The molecule has 0 bridgehead atoms. The van der Waals surface area contributed by atoms with Crippen molar-refractivity contribution in [1.82, 2.24) is 4.98 Å². The molecule has 2 heterocycles. The molecule has 0 spiro atoms. The Morgan fingerprint density at radius 1 is 0.969 bits per heavy atom. The molecule has 0 radical (unpaired) electrons. The first-order valence-corrected chi connectivity index (χ1v) is 11.0. The lowest BCUT2D eigenvalue weighted by Gasteiger charge is -2.26. The fraction of sp³-hybridized carbons (Fsp3) is 0.308. The molecule has 0 saturated carbocycles. The highest BCUT2D eigenvalue weighted by molar-refractivity contribution is 6.09. The van der Waals surface area contributed by atoms with Crippen molar-refractivity contribution in [2.45, 2.75) is 39.5 Å². The van der Waals surface area contributed by atoms with Crippen LogP contribution < -0.4 is 10.2 Å². The van der Waals surface area contributed by atoms with Gasteiger partial charge in [0.1, 0.15) is 17.5 Å². The number of carbonyl (C=O) groups is 1. The van der Waals surface area contributed by atoms with E-state index in [1.54, 1.807) is 6.20 Å². The van der Waals surface area contributed by atoms with Crippen molar-refractivity contribution in [3.63, 3.8) is 0 Å². The molecular weight excluding hydrogens is 408 g/mol. The lowest BCUT2D eigenvalue weighted by molar-refractivity contribution is 0.102. The fourth-order valence-corrected chi connectivity index (χ4v) is 4.30. The third-order valence-electron chi connectivity index (χ3n) is 5.90. The highest BCUT2D eigenvalue weighted by atomic mass is 19.1. The van der Waals surface area contributed by atoms with E-state index in [0.29, 0.717) is 33.8 Å². The maximum absolute atomic E-state index is 13.9. The van der Waals surface area contributed by atoms with Gasteiger partial charge in [0.15, 0.2) is 0 Å². The van der Waals surface area contributed by atoms with Gasteiger partial charge in [-0.15, -0.1) is 0 Å². The van der Waals surface area contributed by atoms with E-state index in [0.717, 1.165) is 50.4 Å². The standard InChI is InChI=1S/C26H27F2N3O/c1-17-8-7-9-22(12-17)30-26(32)24-18(2)23(19-13-20(27)15-21(28)14-19)16-29-25(24)31-10-5-3-4-6-11-31/h7-9,12-16H,3-6,10-11H2,1-2H3,(H,30,32). The molecule has 1 aliphatic heterocycles. The lowest BCUT2D eigenvalue weighted by Crippen LogP contribution is -2.29. The summed E-state index contributed by atoms with van der Waals surface area (Å²) in [6.45, 7) is 5.42. The Morgan fingerprint density at radius 2 is 1.66 bits per heavy atom. The van der Waals surface area contributed by atoms with Crippen LogP contribution in [0.2, 0.25) is 0 Å². The van der Waals surface area contributed by atoms with E-state index in [1.807, 2.05) is 38.1 Å². The zero-order valence-corrected chi connectivity index (χ0v) is 18.4. The van der Waals surface area contributed by atoms with E-state index in [4.69, 9.17) is 0 Å². The van der Waals surface area contributed by atoms with Crippen LogP contribution >= 0.6 is 0 Å². The van der Waals surface area contributed by atoms with Crippen LogP contribution in [0.3, 0.4) is 0 Å². The smallest absolute Gasteiger partial charge is 0.259 e. The molecule has 4 rings (SSSR count). The van der Waals surface area contributed by atoms with Gasteiger partial charge >= 0.3 is 0 Å². The van der Waals surface area contributed by atoms with Crippen molar-refractivity contribution >= 4 is 17.4 Å². The Bertz CT molecular complexity index is 1120. The van der Waals surface area contributed by atoms with Crippen LogP contribution in [-0.4, -0.2) is 24.0 Å². The predicted octanol–water partition coefficient (Wildman–Crippen LogP) is 6.28. The molecule has 1 N–H and O–H groups in total. The summed E-state index contributed by atoms with van der Waals surface area (Å²) in [6.07, 6.45) is 6.00. The molecule has 3 aromatic rings. The number of pyridine rings is 1. The number of benzene rings is 2. The van der Waals surface area contributed by atoms with Crippen molar-refractivity contribution < 1.29 is 13.6 Å². The fourth-order valence-electron chi connectivity index (χ4n) is 4.30. The van der Waals surface area contributed by atoms with Gasteiger partial charge in [-0.3, -0.25) is 4.79 Å². The van der Waals surface area contributed by atoms with Gasteiger partial charge in [-0.25, -0.2) is 13.8 Å². The Labute approximate surface area is 187 Å². The van der Waals surface area contributed by atoms with Gasteiger partial charge in [0, 0.05) is 36.6 Å². The summed E-state index contributed by atoms with van der Waals surface area (Å²) in [5, 5.41) is 2.98. The van der Waals surface area contributed by atoms with E-state index in [-0.39, 0.29) is 5.91 Å². The van der Waals surface area contributed by atoms with Gasteiger partial charge in [0.2, 0.25) is 0 Å². The lowest BCUT2D eigenvalue weighted by atomic mass is 9.97. The first-order chi connectivity index (χ1) is 15.4. The van der Waals surface area contributed by atoms with Crippen molar-refractivity contribution in [1.29, 1.82) is 0 Å². The molecule has 1 aromatic heterocycles. The predicted molar refractivity (Wildman–Crippen MR) is 124 cm³/mol. The molecular formula is C26H27F2N3O. The molecule has 1 fully saturated rings. The second-order valence-corrected chi connectivity index (χ2v) is 8.38. The Morgan fingerprint density at radius 3 is 2.31 bits per heavy atom. The average Bonchev–Trinajstić information content (AvgIpc) is 3.02. The molecule has 1 saturated heterocycles. The molecule has 2 aromatic carbocycles. The number of aromatic nitrogens is 1. The van der Waals surface area contributed by atoms with Crippen molar-refractivity contribution in [3.8, 4) is 11.1 Å². The third kappa shape index (κ3) is 4.79. The maximum Gasteiger partial charge on any atom is 0.259 e. The molecule has 1 aliphatic rings. The Kier molecular flexibility index (Phi) is 6.49. The number of carbonyl (C=O) groups excluding carboxylic acids is 1. The third-order valence-corrected chi connectivity index (χ3v) is 5.90. The first-order valence-electron chi connectivity index (χ1n) is 11.0. The van der Waals surface area contributed by atoms with Crippen LogP contribution in [-0.2, 0) is 0 Å². The zero-order chi connectivity index (χ0) is 22.7. The highest BCUT2D eigenvalue weighted by Gasteiger charge is 2.24. The summed E-state index contributed by atoms with van der Waals surface area (Å²) >= 11 is 0. The summed E-state index contributed by atoms with van der Waals surface area (Å²) in [5.74, 6) is -0.989.